The van der Waals surface area contributed by atoms with Crippen LogP contribution in [0.4, 0.5) is 5.82 Å². The van der Waals surface area contributed by atoms with Crippen molar-refractivity contribution in [3.63, 3.8) is 0 Å². The van der Waals surface area contributed by atoms with Crippen LogP contribution < -0.4 is 10.1 Å². The Morgan fingerprint density at radius 2 is 1.88 bits per heavy atom. The maximum atomic E-state index is 13.1. The van der Waals surface area contributed by atoms with Crippen LogP contribution in [0.25, 0.3) is 22.4 Å². The first-order valence-corrected chi connectivity index (χ1v) is 11.6. The van der Waals surface area contributed by atoms with Crippen molar-refractivity contribution in [2.24, 2.45) is 0 Å². The molecule has 6 nitrogen and oxygen atoms in total. The average Bonchev–Trinajstić information content (AvgIpc) is 3.56. The molecule has 5 rings (SSSR count). The molecule has 3 heterocycles. The zero-order valence-corrected chi connectivity index (χ0v) is 19.5. The number of hydrogen-bond acceptors (Lipinski definition) is 4. The van der Waals surface area contributed by atoms with E-state index in [0.29, 0.717) is 11.4 Å². The number of nitrogens with zero attached hydrogens (tertiary/aromatic N) is 2. The van der Waals surface area contributed by atoms with Gasteiger partial charge in [0.15, 0.2) is 0 Å². The van der Waals surface area contributed by atoms with Crippen LogP contribution in [-0.2, 0) is 6.54 Å². The maximum absolute atomic E-state index is 13.1. The highest BCUT2D eigenvalue weighted by molar-refractivity contribution is 7.12. The van der Waals surface area contributed by atoms with Gasteiger partial charge >= 0.3 is 0 Å². The minimum Gasteiger partial charge on any atom is -0.497 e. The fourth-order valence-corrected chi connectivity index (χ4v) is 4.66. The maximum Gasteiger partial charge on any atom is 0.266 e. The second-order valence-corrected chi connectivity index (χ2v) is 8.85. The molecule has 0 aliphatic rings. The molecular formula is C26H24N4O2S. The zero-order chi connectivity index (χ0) is 22.9. The predicted molar refractivity (Wildman–Crippen MR) is 133 cm³/mol. The van der Waals surface area contributed by atoms with E-state index in [2.05, 4.69) is 28.7 Å². The Hall–Kier alpha value is -3.84. The smallest absolute Gasteiger partial charge is 0.266 e. The van der Waals surface area contributed by atoms with Crippen molar-refractivity contribution in [2.75, 3.05) is 12.4 Å². The molecule has 0 atom stereocenters. The Labute approximate surface area is 195 Å². The molecule has 0 bridgehead atoms. The molecule has 0 saturated carbocycles. The van der Waals surface area contributed by atoms with Crippen molar-refractivity contribution in [2.45, 2.75) is 20.4 Å². The number of rotatable bonds is 6. The molecule has 0 aliphatic heterocycles. The third-order valence-electron chi connectivity index (χ3n) is 5.93. The van der Waals surface area contributed by atoms with Crippen molar-refractivity contribution in [1.29, 1.82) is 0 Å². The SMILES string of the molecule is COc1ccc(Cn2c(C)c(C)c(-c3nc4ccccc4[nH]3)c2NC(=O)c2cccs2)cc1. The lowest BCUT2D eigenvalue weighted by Crippen LogP contribution is -2.16. The first-order valence-electron chi connectivity index (χ1n) is 10.7. The van der Waals surface area contributed by atoms with E-state index in [1.807, 2.05) is 66.0 Å². The molecule has 3 aromatic heterocycles. The lowest BCUT2D eigenvalue weighted by molar-refractivity contribution is 0.102. The van der Waals surface area contributed by atoms with Crippen LogP contribution in [0.15, 0.2) is 66.0 Å². The van der Waals surface area contributed by atoms with Crippen molar-refractivity contribution < 1.29 is 9.53 Å². The van der Waals surface area contributed by atoms with E-state index in [0.717, 1.165) is 50.8 Å². The van der Waals surface area contributed by atoms with E-state index in [1.165, 1.54) is 11.3 Å². The van der Waals surface area contributed by atoms with Crippen LogP contribution >= 0.6 is 11.3 Å². The normalized spacial score (nSPS) is 11.1. The number of H-pyrrole nitrogens is 1. The number of ether oxygens (including phenoxy) is 1. The molecular weight excluding hydrogens is 432 g/mol. The van der Waals surface area contributed by atoms with E-state index in [9.17, 15) is 4.79 Å². The number of amides is 1. The van der Waals surface area contributed by atoms with Gasteiger partial charge in [-0.25, -0.2) is 4.98 Å². The highest BCUT2D eigenvalue weighted by Crippen LogP contribution is 2.36. The van der Waals surface area contributed by atoms with Crippen LogP contribution in [0.1, 0.15) is 26.5 Å². The Morgan fingerprint density at radius 3 is 2.58 bits per heavy atom. The summed E-state index contributed by atoms with van der Waals surface area (Å²) in [7, 11) is 1.66. The minimum absolute atomic E-state index is 0.129. The lowest BCUT2D eigenvalue weighted by Gasteiger charge is -2.14. The number of imidazole rings is 1. The Morgan fingerprint density at radius 1 is 1.09 bits per heavy atom. The second-order valence-electron chi connectivity index (χ2n) is 7.90. The van der Waals surface area contributed by atoms with E-state index < -0.39 is 0 Å². The highest BCUT2D eigenvalue weighted by Gasteiger charge is 2.24. The van der Waals surface area contributed by atoms with E-state index in [-0.39, 0.29) is 5.91 Å². The molecule has 0 spiro atoms. The fraction of sp³-hybridized carbons (Fsp3) is 0.154. The van der Waals surface area contributed by atoms with Gasteiger partial charge in [-0.05, 0) is 60.7 Å². The third kappa shape index (κ3) is 3.91. The van der Waals surface area contributed by atoms with Gasteiger partial charge in [0.25, 0.3) is 5.91 Å². The summed E-state index contributed by atoms with van der Waals surface area (Å²) in [6, 6.07) is 19.6. The Bertz CT molecular complexity index is 1400. The van der Waals surface area contributed by atoms with Gasteiger partial charge < -0.3 is 19.6 Å². The van der Waals surface area contributed by atoms with Gasteiger partial charge in [0, 0.05) is 12.2 Å². The summed E-state index contributed by atoms with van der Waals surface area (Å²) in [6.45, 7) is 4.76. The molecule has 0 saturated heterocycles. The predicted octanol–water partition coefficient (Wildman–Crippen LogP) is 6.02. The minimum atomic E-state index is -0.129. The molecule has 5 aromatic rings. The van der Waals surface area contributed by atoms with Crippen LogP contribution in [0, 0.1) is 13.8 Å². The number of nitrogens with one attached hydrogen (secondary N) is 2. The van der Waals surface area contributed by atoms with Gasteiger partial charge in [0.05, 0.1) is 28.6 Å². The van der Waals surface area contributed by atoms with Crippen molar-refractivity contribution in [3.8, 4) is 17.1 Å². The van der Waals surface area contributed by atoms with Gasteiger partial charge in [0.1, 0.15) is 17.4 Å². The molecule has 0 aliphatic carbocycles. The van der Waals surface area contributed by atoms with Crippen LogP contribution in [-0.4, -0.2) is 27.6 Å². The van der Waals surface area contributed by atoms with Crippen molar-refractivity contribution in [1.82, 2.24) is 14.5 Å². The first kappa shape index (κ1) is 21.0. The number of fused-ring (bicyclic) bond motifs is 1. The first-order chi connectivity index (χ1) is 16.0. The number of benzene rings is 2. The Kier molecular flexibility index (Phi) is 5.48. The summed E-state index contributed by atoms with van der Waals surface area (Å²) in [4.78, 5) is 22.0. The van der Waals surface area contributed by atoms with Gasteiger partial charge in [-0.3, -0.25) is 4.79 Å². The largest absolute Gasteiger partial charge is 0.497 e. The highest BCUT2D eigenvalue weighted by atomic mass is 32.1. The molecule has 166 valence electrons. The standard InChI is InChI=1S/C26H24N4O2S/c1-16-17(2)30(15-18-10-12-19(32-3)13-11-18)25(29-26(31)22-9-6-14-33-22)23(16)24-27-20-7-4-5-8-21(20)28-24/h4-14H,15H2,1-3H3,(H,27,28)(H,29,31). The molecule has 0 radical (unpaired) electrons. The van der Waals surface area contributed by atoms with Gasteiger partial charge in [0.2, 0.25) is 0 Å². The van der Waals surface area contributed by atoms with Crippen LogP contribution in [0.5, 0.6) is 5.75 Å². The van der Waals surface area contributed by atoms with Gasteiger partial charge in [-0.2, -0.15) is 0 Å². The van der Waals surface area contributed by atoms with Gasteiger partial charge in [-0.15, -0.1) is 11.3 Å². The van der Waals surface area contributed by atoms with E-state index >= 15 is 0 Å². The molecule has 0 unspecified atom stereocenters. The molecule has 33 heavy (non-hydrogen) atoms. The van der Waals surface area contributed by atoms with Crippen molar-refractivity contribution >= 4 is 34.1 Å². The topological polar surface area (TPSA) is 71.9 Å². The molecule has 0 fully saturated rings. The van der Waals surface area contributed by atoms with E-state index in [1.54, 1.807) is 7.11 Å². The summed E-state index contributed by atoms with van der Waals surface area (Å²) >= 11 is 1.42. The number of aromatic nitrogens is 3. The number of carbonyl (C=O) groups is 1. The average molecular weight is 457 g/mol. The zero-order valence-electron chi connectivity index (χ0n) is 18.7. The van der Waals surface area contributed by atoms with Crippen LogP contribution in [0.3, 0.4) is 0 Å². The fourth-order valence-electron chi connectivity index (χ4n) is 4.04. The van der Waals surface area contributed by atoms with E-state index in [4.69, 9.17) is 9.72 Å². The number of methoxy groups -OCH3 is 1. The number of anilines is 1. The summed E-state index contributed by atoms with van der Waals surface area (Å²) < 4.78 is 7.44. The second kappa shape index (κ2) is 8.60. The number of hydrogen-bond donors (Lipinski definition) is 2. The number of para-hydroxylation sites is 2. The van der Waals surface area contributed by atoms with Crippen LogP contribution in [0.2, 0.25) is 0 Å². The molecule has 1 amide bonds. The van der Waals surface area contributed by atoms with Gasteiger partial charge in [-0.1, -0.05) is 30.3 Å². The third-order valence-corrected chi connectivity index (χ3v) is 6.80. The molecule has 2 aromatic carbocycles. The van der Waals surface area contributed by atoms with Crippen molar-refractivity contribution in [3.05, 3.63) is 87.7 Å². The summed E-state index contributed by atoms with van der Waals surface area (Å²) in [6.07, 6.45) is 0. The summed E-state index contributed by atoms with van der Waals surface area (Å²) in [5.41, 5.74) is 6.01. The quantitative estimate of drug-likeness (QED) is 0.328. The number of aromatic amines is 1. The molecule has 2 N–H and O–H groups in total. The number of carbonyl (C=O) groups excluding carboxylic acids is 1. The Balaban J connectivity index is 1.63. The summed E-state index contributed by atoms with van der Waals surface area (Å²) in [5, 5.41) is 5.08. The summed E-state index contributed by atoms with van der Waals surface area (Å²) in [5.74, 6) is 2.16. The lowest BCUT2D eigenvalue weighted by atomic mass is 10.1. The monoisotopic (exact) mass is 456 g/mol. The molecule has 7 heteroatoms. The number of thiophene rings is 1.